The second-order valence-corrected chi connectivity index (χ2v) is 3.42. The Hall–Kier alpha value is -0.860. The molecule has 1 aliphatic heterocycles. The quantitative estimate of drug-likeness (QED) is 0.733. The van der Waals surface area contributed by atoms with Gasteiger partial charge in [-0.1, -0.05) is 30.3 Å². The van der Waals surface area contributed by atoms with Crippen LogP contribution in [-0.4, -0.2) is 25.8 Å². The number of benzene rings is 1. The number of nitrogens with one attached hydrogen (secondary N) is 1. The Labute approximate surface area is 78.9 Å². The molecule has 0 radical (unpaired) electrons. The Morgan fingerprint density at radius 3 is 2.85 bits per heavy atom. The Kier molecular flexibility index (Phi) is 2.95. The second-order valence-electron chi connectivity index (χ2n) is 3.42. The number of ether oxygens (including phenoxy) is 1. The smallest absolute Gasteiger partial charge is 0.0623 e. The highest BCUT2D eigenvalue weighted by Crippen LogP contribution is 2.05. The summed E-state index contributed by atoms with van der Waals surface area (Å²) >= 11 is 0. The molecule has 1 atom stereocenters. The van der Waals surface area contributed by atoms with Crippen molar-refractivity contribution >= 4 is 0 Å². The maximum atomic E-state index is 5.39. The molecule has 0 unspecified atom stereocenters. The summed E-state index contributed by atoms with van der Waals surface area (Å²) in [5, 5.41) is 3.44. The van der Waals surface area contributed by atoms with Crippen LogP contribution in [-0.2, 0) is 11.2 Å². The molecule has 0 bridgehead atoms. The summed E-state index contributed by atoms with van der Waals surface area (Å²) < 4.78 is 5.39. The van der Waals surface area contributed by atoms with Crippen molar-refractivity contribution < 1.29 is 4.74 Å². The minimum atomic E-state index is 0.496. The van der Waals surface area contributed by atoms with E-state index < -0.39 is 0 Å². The number of rotatable bonds is 2. The molecule has 1 fully saturated rings. The Morgan fingerprint density at radius 2 is 2.15 bits per heavy atom. The topological polar surface area (TPSA) is 21.3 Å². The minimum absolute atomic E-state index is 0.496. The van der Waals surface area contributed by atoms with Crippen LogP contribution in [0, 0.1) is 0 Å². The van der Waals surface area contributed by atoms with Gasteiger partial charge in [-0.2, -0.15) is 0 Å². The largest absolute Gasteiger partial charge is 0.379 e. The molecule has 2 heteroatoms. The number of morpholine rings is 1. The summed E-state index contributed by atoms with van der Waals surface area (Å²) in [4.78, 5) is 0. The van der Waals surface area contributed by atoms with Gasteiger partial charge < -0.3 is 10.1 Å². The summed E-state index contributed by atoms with van der Waals surface area (Å²) in [5.41, 5.74) is 1.38. The molecule has 1 aromatic carbocycles. The monoisotopic (exact) mass is 177 g/mol. The molecule has 1 aromatic rings. The van der Waals surface area contributed by atoms with Crippen molar-refractivity contribution in [1.29, 1.82) is 0 Å². The standard InChI is InChI=1S/C11H15NO/c1-2-4-10(5-3-1)8-11-9-13-7-6-12-11/h1-5,11-12H,6-9H2/t11-/m0/s1. The number of hydrogen-bond donors (Lipinski definition) is 1. The van der Waals surface area contributed by atoms with E-state index in [1.807, 2.05) is 6.07 Å². The van der Waals surface area contributed by atoms with Gasteiger partial charge in [0.2, 0.25) is 0 Å². The van der Waals surface area contributed by atoms with E-state index in [-0.39, 0.29) is 0 Å². The lowest BCUT2D eigenvalue weighted by molar-refractivity contribution is 0.0770. The lowest BCUT2D eigenvalue weighted by Crippen LogP contribution is -2.42. The lowest BCUT2D eigenvalue weighted by Gasteiger charge is -2.23. The Bertz CT molecular complexity index is 242. The molecule has 0 amide bonds. The molecule has 13 heavy (non-hydrogen) atoms. The van der Waals surface area contributed by atoms with Crippen molar-refractivity contribution in [3.05, 3.63) is 35.9 Å². The average Bonchev–Trinajstić information content (AvgIpc) is 2.21. The van der Waals surface area contributed by atoms with Gasteiger partial charge in [0.05, 0.1) is 13.2 Å². The fourth-order valence-electron chi connectivity index (χ4n) is 1.65. The predicted octanol–water partition coefficient (Wildman–Crippen LogP) is 1.22. The Morgan fingerprint density at radius 1 is 1.31 bits per heavy atom. The molecule has 70 valence electrons. The summed E-state index contributed by atoms with van der Waals surface area (Å²) in [7, 11) is 0. The Balaban J connectivity index is 1.90. The SMILES string of the molecule is c1ccc(C[C@H]2COCCN2)cc1. The van der Waals surface area contributed by atoms with Crippen LogP contribution in [0.5, 0.6) is 0 Å². The van der Waals surface area contributed by atoms with Gasteiger partial charge in [0, 0.05) is 12.6 Å². The fraction of sp³-hybridized carbons (Fsp3) is 0.455. The molecule has 0 spiro atoms. The van der Waals surface area contributed by atoms with Crippen LogP contribution in [0.25, 0.3) is 0 Å². The van der Waals surface area contributed by atoms with Crippen LogP contribution in [0.4, 0.5) is 0 Å². The van der Waals surface area contributed by atoms with Gasteiger partial charge in [0.25, 0.3) is 0 Å². The molecule has 2 nitrogen and oxygen atoms in total. The maximum Gasteiger partial charge on any atom is 0.0623 e. The van der Waals surface area contributed by atoms with Crippen molar-refractivity contribution in [3.63, 3.8) is 0 Å². The van der Waals surface area contributed by atoms with Crippen LogP contribution < -0.4 is 5.32 Å². The normalized spacial score (nSPS) is 22.9. The molecular weight excluding hydrogens is 162 g/mol. The van der Waals surface area contributed by atoms with Crippen molar-refractivity contribution in [2.24, 2.45) is 0 Å². The molecule has 0 aromatic heterocycles. The van der Waals surface area contributed by atoms with Gasteiger partial charge in [-0.05, 0) is 12.0 Å². The highest BCUT2D eigenvalue weighted by molar-refractivity contribution is 5.15. The van der Waals surface area contributed by atoms with Crippen LogP contribution >= 0.6 is 0 Å². The van der Waals surface area contributed by atoms with Crippen LogP contribution in [0.3, 0.4) is 0 Å². The first-order valence-electron chi connectivity index (χ1n) is 4.80. The molecule has 1 aliphatic rings. The van der Waals surface area contributed by atoms with Gasteiger partial charge in [0.1, 0.15) is 0 Å². The molecule has 2 rings (SSSR count). The average molecular weight is 177 g/mol. The van der Waals surface area contributed by atoms with E-state index >= 15 is 0 Å². The highest BCUT2D eigenvalue weighted by atomic mass is 16.5. The zero-order chi connectivity index (χ0) is 8.93. The molecular formula is C11H15NO. The summed E-state index contributed by atoms with van der Waals surface area (Å²) in [5.74, 6) is 0. The lowest BCUT2D eigenvalue weighted by atomic mass is 10.1. The molecule has 1 saturated heterocycles. The summed E-state index contributed by atoms with van der Waals surface area (Å²) in [6.45, 7) is 2.68. The van der Waals surface area contributed by atoms with Gasteiger partial charge >= 0.3 is 0 Å². The van der Waals surface area contributed by atoms with E-state index in [1.165, 1.54) is 5.56 Å². The highest BCUT2D eigenvalue weighted by Gasteiger charge is 2.12. The van der Waals surface area contributed by atoms with Crippen LogP contribution in [0.15, 0.2) is 30.3 Å². The molecule has 0 aliphatic carbocycles. The molecule has 1 heterocycles. The fourth-order valence-corrected chi connectivity index (χ4v) is 1.65. The van der Waals surface area contributed by atoms with Crippen molar-refractivity contribution in [2.45, 2.75) is 12.5 Å². The summed E-state index contributed by atoms with van der Waals surface area (Å²) in [6, 6.07) is 11.0. The van der Waals surface area contributed by atoms with E-state index in [0.717, 1.165) is 26.2 Å². The van der Waals surface area contributed by atoms with Crippen LogP contribution in [0.2, 0.25) is 0 Å². The van der Waals surface area contributed by atoms with Gasteiger partial charge in [-0.25, -0.2) is 0 Å². The maximum absolute atomic E-state index is 5.39. The zero-order valence-electron chi connectivity index (χ0n) is 7.70. The van der Waals surface area contributed by atoms with Gasteiger partial charge in [-0.15, -0.1) is 0 Å². The first-order valence-corrected chi connectivity index (χ1v) is 4.80. The van der Waals surface area contributed by atoms with E-state index in [0.29, 0.717) is 6.04 Å². The van der Waals surface area contributed by atoms with E-state index in [1.54, 1.807) is 0 Å². The third kappa shape index (κ3) is 2.54. The van der Waals surface area contributed by atoms with E-state index in [2.05, 4.69) is 29.6 Å². The predicted molar refractivity (Wildman–Crippen MR) is 52.8 cm³/mol. The molecule has 1 N–H and O–H groups in total. The van der Waals surface area contributed by atoms with Crippen molar-refractivity contribution in [3.8, 4) is 0 Å². The number of hydrogen-bond acceptors (Lipinski definition) is 2. The van der Waals surface area contributed by atoms with Gasteiger partial charge in [-0.3, -0.25) is 0 Å². The van der Waals surface area contributed by atoms with E-state index in [4.69, 9.17) is 4.74 Å². The van der Waals surface area contributed by atoms with E-state index in [9.17, 15) is 0 Å². The van der Waals surface area contributed by atoms with Crippen molar-refractivity contribution in [1.82, 2.24) is 5.32 Å². The third-order valence-corrected chi connectivity index (χ3v) is 2.32. The summed E-state index contributed by atoms with van der Waals surface area (Å²) in [6.07, 6.45) is 1.07. The minimum Gasteiger partial charge on any atom is -0.379 e. The third-order valence-electron chi connectivity index (χ3n) is 2.32. The first kappa shape index (κ1) is 8.73. The zero-order valence-corrected chi connectivity index (χ0v) is 7.70. The van der Waals surface area contributed by atoms with Crippen LogP contribution in [0.1, 0.15) is 5.56 Å². The first-order chi connectivity index (χ1) is 6.45. The van der Waals surface area contributed by atoms with Crippen molar-refractivity contribution in [2.75, 3.05) is 19.8 Å². The van der Waals surface area contributed by atoms with Gasteiger partial charge in [0.15, 0.2) is 0 Å². The second kappa shape index (κ2) is 4.40. The molecule has 0 saturated carbocycles.